The molecule has 3 fully saturated rings. The Morgan fingerprint density at radius 2 is 1.68 bits per heavy atom. The van der Waals surface area contributed by atoms with Crippen LogP contribution in [0.4, 0.5) is 0 Å². The maximum atomic E-state index is 11.3. The van der Waals surface area contributed by atoms with E-state index in [0.717, 1.165) is 18.4 Å². The highest BCUT2D eigenvalue weighted by atomic mass is 16.1. The first kappa shape index (κ1) is 13.4. The predicted octanol–water partition coefficient (Wildman–Crippen LogP) is 2.60. The van der Waals surface area contributed by atoms with Crippen molar-refractivity contribution in [1.29, 1.82) is 0 Å². The second kappa shape index (κ2) is 6.25. The molecule has 1 heterocycles. The van der Waals surface area contributed by atoms with Crippen LogP contribution < -0.4 is 10.6 Å². The lowest BCUT2D eigenvalue weighted by Gasteiger charge is -2.40. The predicted molar refractivity (Wildman–Crippen MR) is 76.9 cm³/mol. The van der Waals surface area contributed by atoms with Crippen LogP contribution in [0.15, 0.2) is 0 Å². The Labute approximate surface area is 116 Å². The lowest BCUT2D eigenvalue weighted by Crippen LogP contribution is -2.47. The Hall–Kier alpha value is -0.570. The molecule has 1 saturated heterocycles. The minimum atomic E-state index is 0.225. The van der Waals surface area contributed by atoms with Crippen molar-refractivity contribution in [3.8, 4) is 0 Å². The van der Waals surface area contributed by atoms with Crippen molar-refractivity contribution in [2.24, 2.45) is 11.8 Å². The topological polar surface area (TPSA) is 41.1 Å². The van der Waals surface area contributed by atoms with E-state index in [1.807, 2.05) is 0 Å². The Balaban J connectivity index is 1.58. The van der Waals surface area contributed by atoms with Gasteiger partial charge in [-0.05, 0) is 24.7 Å². The minimum absolute atomic E-state index is 0.225. The number of rotatable bonds is 3. The molecular formula is C16H28N2O. The second-order valence-corrected chi connectivity index (χ2v) is 6.82. The summed E-state index contributed by atoms with van der Waals surface area (Å²) in [7, 11) is 0. The molecule has 2 aliphatic carbocycles. The van der Waals surface area contributed by atoms with Gasteiger partial charge in [0.2, 0.25) is 5.91 Å². The molecule has 0 radical (unpaired) electrons. The van der Waals surface area contributed by atoms with E-state index in [1.54, 1.807) is 0 Å². The Bertz CT molecular complexity index is 312. The van der Waals surface area contributed by atoms with E-state index in [1.165, 1.54) is 57.8 Å². The van der Waals surface area contributed by atoms with Gasteiger partial charge in [0.25, 0.3) is 0 Å². The summed E-state index contributed by atoms with van der Waals surface area (Å²) in [5.41, 5.74) is 0. The summed E-state index contributed by atoms with van der Waals surface area (Å²) in [4.78, 5) is 11.3. The maximum absolute atomic E-state index is 11.3. The van der Waals surface area contributed by atoms with Crippen molar-refractivity contribution in [3.05, 3.63) is 0 Å². The van der Waals surface area contributed by atoms with Crippen LogP contribution in [0.25, 0.3) is 0 Å². The molecule has 1 amide bonds. The first-order valence-corrected chi connectivity index (χ1v) is 8.35. The summed E-state index contributed by atoms with van der Waals surface area (Å²) in [6.07, 6.45) is 13.4. The molecule has 108 valence electrons. The number of nitrogens with one attached hydrogen (secondary N) is 2. The summed E-state index contributed by atoms with van der Waals surface area (Å²) in [6.45, 7) is 0.840. The molecule has 0 spiro atoms. The van der Waals surface area contributed by atoms with Gasteiger partial charge in [-0.3, -0.25) is 4.79 Å². The molecule has 3 nitrogen and oxygen atoms in total. The molecule has 3 aliphatic rings. The van der Waals surface area contributed by atoms with Gasteiger partial charge >= 0.3 is 0 Å². The average molecular weight is 264 g/mol. The molecule has 1 aliphatic heterocycles. The third-order valence-electron chi connectivity index (χ3n) is 5.50. The van der Waals surface area contributed by atoms with Crippen LogP contribution >= 0.6 is 0 Å². The quantitative estimate of drug-likeness (QED) is 0.822. The Kier molecular flexibility index (Phi) is 4.42. The van der Waals surface area contributed by atoms with Crippen molar-refractivity contribution < 1.29 is 4.79 Å². The van der Waals surface area contributed by atoms with E-state index in [4.69, 9.17) is 0 Å². The summed E-state index contributed by atoms with van der Waals surface area (Å²) >= 11 is 0. The van der Waals surface area contributed by atoms with Crippen molar-refractivity contribution in [3.63, 3.8) is 0 Å². The molecule has 0 aromatic rings. The van der Waals surface area contributed by atoms with Crippen LogP contribution in [0, 0.1) is 11.8 Å². The molecule has 3 heteroatoms. The maximum Gasteiger partial charge on any atom is 0.221 e. The summed E-state index contributed by atoms with van der Waals surface area (Å²) in [5.74, 6) is 2.06. The number of carbonyl (C=O) groups excluding carboxylic acids is 1. The Morgan fingerprint density at radius 1 is 0.947 bits per heavy atom. The van der Waals surface area contributed by atoms with E-state index in [9.17, 15) is 4.79 Å². The van der Waals surface area contributed by atoms with Crippen molar-refractivity contribution >= 4 is 5.91 Å². The largest absolute Gasteiger partial charge is 0.354 e. The summed E-state index contributed by atoms with van der Waals surface area (Å²) in [6, 6.07) is 1.07. The third-order valence-corrected chi connectivity index (χ3v) is 5.50. The van der Waals surface area contributed by atoms with Gasteiger partial charge in [0.15, 0.2) is 0 Å². The van der Waals surface area contributed by atoms with Gasteiger partial charge in [-0.2, -0.15) is 0 Å². The molecule has 0 aromatic heterocycles. The highest BCUT2D eigenvalue weighted by Crippen LogP contribution is 2.38. The molecule has 0 aromatic carbocycles. The van der Waals surface area contributed by atoms with Crippen molar-refractivity contribution in [2.75, 3.05) is 6.54 Å². The highest BCUT2D eigenvalue weighted by Gasteiger charge is 2.34. The van der Waals surface area contributed by atoms with Gasteiger partial charge in [-0.1, -0.05) is 44.9 Å². The number of hydrogen-bond acceptors (Lipinski definition) is 2. The molecule has 0 bridgehead atoms. The fourth-order valence-corrected chi connectivity index (χ4v) is 4.52. The molecule has 2 N–H and O–H groups in total. The zero-order chi connectivity index (χ0) is 13.1. The highest BCUT2D eigenvalue weighted by molar-refractivity contribution is 5.78. The van der Waals surface area contributed by atoms with Crippen LogP contribution in [0.2, 0.25) is 0 Å². The minimum Gasteiger partial charge on any atom is -0.354 e. The number of hydrogen-bond donors (Lipinski definition) is 2. The molecule has 19 heavy (non-hydrogen) atoms. The zero-order valence-corrected chi connectivity index (χ0v) is 12.0. The molecule has 2 saturated carbocycles. The van der Waals surface area contributed by atoms with Gasteiger partial charge in [0, 0.05) is 25.0 Å². The fraction of sp³-hybridized carbons (Fsp3) is 0.938. The molecule has 3 atom stereocenters. The molecule has 3 unspecified atom stereocenters. The summed E-state index contributed by atoms with van der Waals surface area (Å²) in [5, 5.41) is 6.76. The average Bonchev–Trinajstić information content (AvgIpc) is 2.86. The van der Waals surface area contributed by atoms with Gasteiger partial charge in [-0.15, -0.1) is 0 Å². The van der Waals surface area contributed by atoms with Crippen LogP contribution in [0.1, 0.15) is 64.2 Å². The van der Waals surface area contributed by atoms with Crippen LogP contribution in [0.3, 0.4) is 0 Å². The SMILES string of the molecule is O=C1CC(NC2CCCCC2C2CCCCC2)CN1. The van der Waals surface area contributed by atoms with Gasteiger partial charge in [0.05, 0.1) is 0 Å². The summed E-state index contributed by atoms with van der Waals surface area (Å²) < 4.78 is 0. The molecule has 3 rings (SSSR count). The van der Waals surface area contributed by atoms with E-state index in [0.29, 0.717) is 18.5 Å². The van der Waals surface area contributed by atoms with Crippen LogP contribution in [-0.2, 0) is 4.79 Å². The normalized spacial score (nSPS) is 37.3. The van der Waals surface area contributed by atoms with E-state index in [-0.39, 0.29) is 5.91 Å². The fourth-order valence-electron chi connectivity index (χ4n) is 4.52. The van der Waals surface area contributed by atoms with E-state index >= 15 is 0 Å². The number of amides is 1. The monoisotopic (exact) mass is 264 g/mol. The van der Waals surface area contributed by atoms with Gasteiger partial charge in [0.1, 0.15) is 0 Å². The lowest BCUT2D eigenvalue weighted by atomic mass is 9.71. The smallest absolute Gasteiger partial charge is 0.221 e. The van der Waals surface area contributed by atoms with Gasteiger partial charge < -0.3 is 10.6 Å². The number of carbonyl (C=O) groups is 1. The lowest BCUT2D eigenvalue weighted by molar-refractivity contribution is -0.119. The van der Waals surface area contributed by atoms with Gasteiger partial charge in [-0.25, -0.2) is 0 Å². The third kappa shape index (κ3) is 3.31. The zero-order valence-electron chi connectivity index (χ0n) is 12.0. The van der Waals surface area contributed by atoms with Crippen LogP contribution in [0.5, 0.6) is 0 Å². The van der Waals surface area contributed by atoms with Crippen LogP contribution in [-0.4, -0.2) is 24.5 Å². The second-order valence-electron chi connectivity index (χ2n) is 6.82. The van der Waals surface area contributed by atoms with Crippen molar-refractivity contribution in [1.82, 2.24) is 10.6 Å². The van der Waals surface area contributed by atoms with E-state index < -0.39 is 0 Å². The van der Waals surface area contributed by atoms with E-state index in [2.05, 4.69) is 10.6 Å². The molecular weight excluding hydrogens is 236 g/mol. The van der Waals surface area contributed by atoms with Crippen molar-refractivity contribution in [2.45, 2.75) is 76.3 Å². The first-order valence-electron chi connectivity index (χ1n) is 8.35. The Morgan fingerprint density at radius 3 is 2.42 bits per heavy atom. The first-order chi connectivity index (χ1) is 9.33. The standard InChI is InChI=1S/C16H28N2O/c19-16-10-13(11-17-16)18-15-9-5-4-8-14(15)12-6-2-1-3-7-12/h12-15,18H,1-11H2,(H,17,19).